The van der Waals surface area contributed by atoms with E-state index in [1.54, 1.807) is 11.3 Å². The van der Waals surface area contributed by atoms with Crippen LogP contribution in [0.4, 0.5) is 0 Å². The zero-order valence-electron chi connectivity index (χ0n) is 8.98. The molecule has 0 aliphatic heterocycles. The van der Waals surface area contributed by atoms with Gasteiger partial charge < -0.3 is 0 Å². The number of halogens is 1. The Morgan fingerprint density at radius 2 is 2.31 bits per heavy atom. The van der Waals surface area contributed by atoms with E-state index < -0.39 is 0 Å². The lowest BCUT2D eigenvalue weighted by Gasteiger charge is -2.14. The van der Waals surface area contributed by atoms with Gasteiger partial charge in [-0.3, -0.25) is 4.90 Å². The molecule has 2 aromatic rings. The third-order valence-electron chi connectivity index (χ3n) is 2.89. The quantitative estimate of drug-likeness (QED) is 0.788. The van der Waals surface area contributed by atoms with Crippen molar-refractivity contribution in [2.45, 2.75) is 25.4 Å². The van der Waals surface area contributed by atoms with Crippen LogP contribution in [0.3, 0.4) is 0 Å². The van der Waals surface area contributed by atoms with Gasteiger partial charge in [0.15, 0.2) is 0 Å². The van der Waals surface area contributed by atoms with Crippen molar-refractivity contribution in [3.8, 4) is 0 Å². The van der Waals surface area contributed by atoms with E-state index in [4.69, 9.17) is 11.6 Å². The van der Waals surface area contributed by atoms with E-state index >= 15 is 0 Å². The molecule has 0 bridgehead atoms. The lowest BCUT2D eigenvalue weighted by atomic mass is 10.4. The summed E-state index contributed by atoms with van der Waals surface area (Å²) in [6.45, 7) is 0.790. The Morgan fingerprint density at radius 1 is 1.50 bits per heavy atom. The number of hydrogen-bond donors (Lipinski definition) is 0. The molecule has 3 nitrogen and oxygen atoms in total. The van der Waals surface area contributed by atoms with Crippen LogP contribution in [-0.4, -0.2) is 28.0 Å². The fourth-order valence-corrected chi connectivity index (χ4v) is 2.89. The molecule has 1 aliphatic rings. The van der Waals surface area contributed by atoms with Crippen molar-refractivity contribution in [3.63, 3.8) is 0 Å². The van der Waals surface area contributed by atoms with Crippen molar-refractivity contribution >= 4 is 33.2 Å². The molecule has 2 aromatic heterocycles. The highest BCUT2D eigenvalue weighted by atomic mass is 35.5. The van der Waals surface area contributed by atoms with Crippen molar-refractivity contribution in [3.05, 3.63) is 22.4 Å². The maximum absolute atomic E-state index is 6.12. The van der Waals surface area contributed by atoms with Crippen LogP contribution in [0.5, 0.6) is 0 Å². The SMILES string of the molecule is CN(Cc1nc(Cl)c2ccsc2n1)C1CC1. The molecule has 84 valence electrons. The predicted octanol–water partition coefficient (Wildman–Crippen LogP) is 2.94. The Kier molecular flexibility index (Phi) is 2.58. The van der Waals surface area contributed by atoms with Gasteiger partial charge in [0, 0.05) is 11.4 Å². The van der Waals surface area contributed by atoms with E-state index in [0.29, 0.717) is 5.15 Å². The second-order valence-electron chi connectivity index (χ2n) is 4.22. The molecule has 0 radical (unpaired) electrons. The van der Waals surface area contributed by atoms with E-state index in [1.807, 2.05) is 11.4 Å². The van der Waals surface area contributed by atoms with Crippen LogP contribution in [0.25, 0.3) is 10.2 Å². The average molecular weight is 254 g/mol. The molecule has 16 heavy (non-hydrogen) atoms. The first-order chi connectivity index (χ1) is 7.74. The smallest absolute Gasteiger partial charge is 0.145 e. The van der Waals surface area contributed by atoms with Gasteiger partial charge in [-0.1, -0.05) is 11.6 Å². The maximum atomic E-state index is 6.12. The van der Waals surface area contributed by atoms with Crippen molar-refractivity contribution in [1.82, 2.24) is 14.9 Å². The molecule has 0 atom stereocenters. The molecule has 0 saturated heterocycles. The minimum atomic E-state index is 0.574. The number of nitrogens with zero attached hydrogens (tertiary/aromatic N) is 3. The van der Waals surface area contributed by atoms with E-state index in [9.17, 15) is 0 Å². The van der Waals surface area contributed by atoms with Crippen LogP contribution >= 0.6 is 22.9 Å². The van der Waals surface area contributed by atoms with Crippen LogP contribution in [0, 0.1) is 0 Å². The van der Waals surface area contributed by atoms with E-state index in [-0.39, 0.29) is 0 Å². The summed E-state index contributed by atoms with van der Waals surface area (Å²) in [5, 5.41) is 3.54. The first kappa shape index (κ1) is 10.4. The first-order valence-corrected chi connectivity index (χ1v) is 6.59. The Morgan fingerprint density at radius 3 is 3.06 bits per heavy atom. The normalized spacial score (nSPS) is 16.2. The minimum Gasteiger partial charge on any atom is -0.296 e. The molecular formula is C11H12ClN3S. The number of thiophene rings is 1. The van der Waals surface area contributed by atoms with Crippen LogP contribution < -0.4 is 0 Å². The highest BCUT2D eigenvalue weighted by Crippen LogP contribution is 2.28. The van der Waals surface area contributed by atoms with E-state index in [2.05, 4.69) is 21.9 Å². The van der Waals surface area contributed by atoms with Crippen LogP contribution in [-0.2, 0) is 6.54 Å². The van der Waals surface area contributed by atoms with Gasteiger partial charge in [0.2, 0.25) is 0 Å². The van der Waals surface area contributed by atoms with Crippen molar-refractivity contribution in [2.24, 2.45) is 0 Å². The van der Waals surface area contributed by atoms with Crippen LogP contribution in [0.15, 0.2) is 11.4 Å². The molecule has 1 saturated carbocycles. The average Bonchev–Trinajstić information content (AvgIpc) is 2.98. The highest BCUT2D eigenvalue weighted by Gasteiger charge is 2.26. The lowest BCUT2D eigenvalue weighted by Crippen LogP contribution is -2.21. The molecule has 5 heteroatoms. The Bertz CT molecular complexity index is 521. The largest absolute Gasteiger partial charge is 0.296 e. The third-order valence-corrected chi connectivity index (χ3v) is 3.98. The van der Waals surface area contributed by atoms with Crippen molar-refractivity contribution < 1.29 is 0 Å². The summed E-state index contributed by atoms with van der Waals surface area (Å²) in [5.74, 6) is 0.828. The number of fused-ring (bicyclic) bond motifs is 1. The summed E-state index contributed by atoms with van der Waals surface area (Å²) in [6.07, 6.45) is 2.59. The van der Waals surface area contributed by atoms with Gasteiger partial charge in [-0.2, -0.15) is 0 Å². The molecule has 0 spiro atoms. The molecule has 1 fully saturated rings. The zero-order valence-corrected chi connectivity index (χ0v) is 10.6. The summed E-state index contributed by atoms with van der Waals surface area (Å²) < 4.78 is 0. The van der Waals surface area contributed by atoms with Gasteiger partial charge in [0.1, 0.15) is 15.8 Å². The molecule has 2 heterocycles. The minimum absolute atomic E-state index is 0.574. The summed E-state index contributed by atoms with van der Waals surface area (Å²) in [6, 6.07) is 2.69. The lowest BCUT2D eigenvalue weighted by molar-refractivity contribution is 0.308. The van der Waals surface area contributed by atoms with E-state index in [1.165, 1.54) is 12.8 Å². The molecule has 3 rings (SSSR count). The molecule has 1 aliphatic carbocycles. The van der Waals surface area contributed by atoms with Crippen molar-refractivity contribution in [1.29, 1.82) is 0 Å². The Labute approximate surface area is 103 Å². The number of hydrogen-bond acceptors (Lipinski definition) is 4. The monoisotopic (exact) mass is 253 g/mol. The van der Waals surface area contributed by atoms with Crippen LogP contribution in [0.2, 0.25) is 5.15 Å². The standard InChI is InChI=1S/C11H12ClN3S/c1-15(7-2-3-7)6-9-13-10(12)8-4-5-16-11(8)14-9/h4-5,7H,2-3,6H2,1H3. The third kappa shape index (κ3) is 1.93. The topological polar surface area (TPSA) is 29.0 Å². The van der Waals surface area contributed by atoms with Crippen LogP contribution in [0.1, 0.15) is 18.7 Å². The Hall–Kier alpha value is -0.710. The predicted molar refractivity (Wildman–Crippen MR) is 66.9 cm³/mol. The highest BCUT2D eigenvalue weighted by molar-refractivity contribution is 7.16. The fourth-order valence-electron chi connectivity index (χ4n) is 1.80. The number of rotatable bonds is 3. The Balaban J connectivity index is 1.91. The molecule has 0 unspecified atom stereocenters. The van der Waals surface area contributed by atoms with Gasteiger partial charge in [0.25, 0.3) is 0 Å². The van der Waals surface area contributed by atoms with Gasteiger partial charge in [0.05, 0.1) is 6.54 Å². The summed E-state index contributed by atoms with van der Waals surface area (Å²) in [5.41, 5.74) is 0. The number of aromatic nitrogens is 2. The van der Waals surface area contributed by atoms with Gasteiger partial charge in [-0.15, -0.1) is 11.3 Å². The fraction of sp³-hybridized carbons (Fsp3) is 0.455. The van der Waals surface area contributed by atoms with Gasteiger partial charge in [-0.25, -0.2) is 9.97 Å². The second kappa shape index (κ2) is 3.95. The maximum Gasteiger partial charge on any atom is 0.145 e. The molecule has 0 aromatic carbocycles. The zero-order chi connectivity index (χ0) is 11.1. The summed E-state index contributed by atoms with van der Waals surface area (Å²) in [7, 11) is 2.12. The first-order valence-electron chi connectivity index (χ1n) is 5.34. The second-order valence-corrected chi connectivity index (χ2v) is 5.47. The molecule has 0 N–H and O–H groups in total. The van der Waals surface area contributed by atoms with Gasteiger partial charge in [-0.05, 0) is 31.3 Å². The molecular weight excluding hydrogens is 242 g/mol. The summed E-state index contributed by atoms with van der Waals surface area (Å²) >= 11 is 7.73. The van der Waals surface area contributed by atoms with Crippen molar-refractivity contribution in [2.75, 3.05) is 7.05 Å². The molecule has 0 amide bonds. The van der Waals surface area contributed by atoms with Gasteiger partial charge >= 0.3 is 0 Å². The van der Waals surface area contributed by atoms with E-state index in [0.717, 1.165) is 28.6 Å². The summed E-state index contributed by atoms with van der Waals surface area (Å²) in [4.78, 5) is 12.2.